The molecule has 0 aromatic heterocycles. The lowest BCUT2D eigenvalue weighted by atomic mass is 9.64. The molecule has 226 valence electrons. The van der Waals surface area contributed by atoms with Gasteiger partial charge >= 0.3 is 6.18 Å². The maximum Gasteiger partial charge on any atom is 0.392 e. The van der Waals surface area contributed by atoms with Crippen LogP contribution >= 0.6 is 0 Å². The fourth-order valence-electron chi connectivity index (χ4n) is 9.61. The van der Waals surface area contributed by atoms with E-state index in [0.29, 0.717) is 24.3 Å². The number of piperidine rings is 1. The van der Waals surface area contributed by atoms with Crippen molar-refractivity contribution in [3.63, 3.8) is 0 Å². The van der Waals surface area contributed by atoms with Crippen molar-refractivity contribution >= 4 is 5.91 Å². The summed E-state index contributed by atoms with van der Waals surface area (Å²) in [5.41, 5.74) is 7.25. The average molecular weight is 568 g/mol. The summed E-state index contributed by atoms with van der Waals surface area (Å²) in [7, 11) is 2.11. The highest BCUT2D eigenvalue weighted by Gasteiger charge is 2.58. The average Bonchev–Trinajstić information content (AvgIpc) is 3.41. The molecule has 3 saturated carbocycles. The lowest BCUT2D eigenvalue weighted by Crippen LogP contribution is -2.56. The molecule has 0 aromatic carbocycles. The van der Waals surface area contributed by atoms with Crippen LogP contribution in [0.3, 0.4) is 0 Å². The predicted molar refractivity (Wildman–Crippen MR) is 145 cm³/mol. The second-order valence-electron chi connectivity index (χ2n) is 14.9. The molecule has 0 aromatic rings. The van der Waals surface area contributed by atoms with Crippen LogP contribution in [0.4, 0.5) is 13.2 Å². The molecule has 4 heterocycles. The van der Waals surface area contributed by atoms with E-state index >= 15 is 0 Å². The quantitative estimate of drug-likeness (QED) is 0.509. The van der Waals surface area contributed by atoms with Crippen LogP contribution in [-0.2, 0) is 9.53 Å². The van der Waals surface area contributed by atoms with E-state index in [2.05, 4.69) is 27.7 Å². The molecular weight excluding hydrogens is 519 g/mol. The zero-order valence-electron chi connectivity index (χ0n) is 24.1. The molecule has 3 aliphatic carbocycles. The molecule has 7 atom stereocenters. The number of fused-ring (bicyclic) bond motifs is 1. The third-order valence-electron chi connectivity index (χ3n) is 12.5. The number of amides is 1. The van der Waals surface area contributed by atoms with Crippen LogP contribution in [0.2, 0.25) is 0 Å². The number of carbonyl (C=O) groups excluding carboxylic acids is 1. The predicted octanol–water partition coefficient (Wildman–Crippen LogP) is 3.81. The molecule has 0 bridgehead atoms. The normalized spacial score (nSPS) is 41.8. The zero-order chi connectivity index (χ0) is 27.7. The summed E-state index contributed by atoms with van der Waals surface area (Å²) in [6, 6.07) is 0.0610. The summed E-state index contributed by atoms with van der Waals surface area (Å²) >= 11 is 0. The van der Waals surface area contributed by atoms with Gasteiger partial charge in [0.25, 0.3) is 0 Å². The number of rotatable bonds is 6. The van der Waals surface area contributed by atoms with E-state index in [0.717, 1.165) is 71.6 Å². The largest absolute Gasteiger partial charge is 0.392 e. The summed E-state index contributed by atoms with van der Waals surface area (Å²) in [5, 5.41) is 0. The fourth-order valence-corrected chi connectivity index (χ4v) is 9.61. The highest BCUT2D eigenvalue weighted by Crippen LogP contribution is 2.55. The topological polar surface area (TPSA) is 60.1 Å². The Morgan fingerprint density at radius 1 is 1.05 bits per heavy atom. The van der Waals surface area contributed by atoms with Crippen molar-refractivity contribution < 1.29 is 22.7 Å². The molecular formula is C30H48F3N5O2. The smallest absolute Gasteiger partial charge is 0.380 e. The highest BCUT2D eigenvalue weighted by atomic mass is 19.4. The van der Waals surface area contributed by atoms with E-state index in [9.17, 15) is 18.0 Å². The lowest BCUT2D eigenvalue weighted by molar-refractivity contribution is -0.204. The number of hydrogen-bond donors (Lipinski definition) is 2. The molecule has 7 nitrogen and oxygen atoms in total. The third-order valence-corrected chi connectivity index (χ3v) is 12.5. The molecule has 7 aliphatic rings. The molecule has 4 aliphatic heterocycles. The number of hydrogen-bond acceptors (Lipinski definition) is 6. The summed E-state index contributed by atoms with van der Waals surface area (Å²) in [5.74, 6) is -1.98. The van der Waals surface area contributed by atoms with Gasteiger partial charge in [-0.15, -0.1) is 0 Å². The molecule has 1 amide bonds. The number of likely N-dealkylation sites (tertiary alicyclic amines) is 2. The minimum absolute atomic E-state index is 0.0190. The first-order valence-electron chi connectivity index (χ1n) is 16.0. The van der Waals surface area contributed by atoms with Crippen molar-refractivity contribution in [2.24, 2.45) is 40.4 Å². The van der Waals surface area contributed by atoms with Crippen LogP contribution in [0.15, 0.2) is 0 Å². The number of alkyl halides is 3. The van der Waals surface area contributed by atoms with Gasteiger partial charge in [0.15, 0.2) is 0 Å². The van der Waals surface area contributed by atoms with E-state index in [1.807, 2.05) is 4.90 Å². The first-order chi connectivity index (χ1) is 19.1. The Morgan fingerprint density at radius 3 is 2.45 bits per heavy atom. The number of nitrogens with one attached hydrogen (secondary N) is 2. The van der Waals surface area contributed by atoms with E-state index in [-0.39, 0.29) is 35.9 Å². The Hall–Kier alpha value is -0.940. The van der Waals surface area contributed by atoms with Crippen molar-refractivity contribution in [2.45, 2.75) is 89.0 Å². The minimum atomic E-state index is -4.24. The molecule has 40 heavy (non-hydrogen) atoms. The maximum absolute atomic E-state index is 14.5. The molecule has 7 fully saturated rings. The van der Waals surface area contributed by atoms with Gasteiger partial charge in [-0.25, -0.2) is 10.9 Å². The highest BCUT2D eigenvalue weighted by molar-refractivity contribution is 5.82. The molecule has 7 unspecified atom stereocenters. The van der Waals surface area contributed by atoms with Gasteiger partial charge in [-0.2, -0.15) is 13.2 Å². The second-order valence-corrected chi connectivity index (χ2v) is 14.9. The van der Waals surface area contributed by atoms with Crippen LogP contribution in [0.5, 0.6) is 0 Å². The summed E-state index contributed by atoms with van der Waals surface area (Å²) in [6.45, 7) is 5.34. The van der Waals surface area contributed by atoms with Crippen molar-refractivity contribution in [3.8, 4) is 0 Å². The molecule has 1 spiro atoms. The monoisotopic (exact) mass is 567 g/mol. The number of halogens is 3. The number of hydrazine groups is 1. The van der Waals surface area contributed by atoms with Crippen molar-refractivity contribution in [3.05, 3.63) is 0 Å². The van der Waals surface area contributed by atoms with Gasteiger partial charge in [0.2, 0.25) is 5.91 Å². The Labute approximate surface area is 236 Å². The van der Waals surface area contributed by atoms with Gasteiger partial charge in [-0.1, -0.05) is 6.42 Å². The van der Waals surface area contributed by atoms with E-state index < -0.39 is 23.9 Å². The van der Waals surface area contributed by atoms with Crippen molar-refractivity contribution in [2.75, 3.05) is 53.1 Å². The van der Waals surface area contributed by atoms with Crippen LogP contribution < -0.4 is 10.9 Å². The van der Waals surface area contributed by atoms with Gasteiger partial charge < -0.3 is 14.5 Å². The van der Waals surface area contributed by atoms with Gasteiger partial charge in [0, 0.05) is 30.5 Å². The van der Waals surface area contributed by atoms with Gasteiger partial charge in [-0.3, -0.25) is 9.69 Å². The van der Waals surface area contributed by atoms with Crippen LogP contribution in [-0.4, -0.2) is 92.1 Å². The molecule has 2 N–H and O–H groups in total. The Balaban J connectivity index is 1.03. The van der Waals surface area contributed by atoms with Gasteiger partial charge in [0.05, 0.1) is 32.0 Å². The Kier molecular flexibility index (Phi) is 7.21. The molecule has 4 saturated heterocycles. The van der Waals surface area contributed by atoms with Crippen molar-refractivity contribution in [1.82, 2.24) is 25.6 Å². The Morgan fingerprint density at radius 2 is 1.82 bits per heavy atom. The molecule has 10 heteroatoms. The van der Waals surface area contributed by atoms with Crippen LogP contribution in [0.25, 0.3) is 0 Å². The van der Waals surface area contributed by atoms with Crippen LogP contribution in [0, 0.1) is 40.4 Å². The Bertz CT molecular complexity index is 946. The fraction of sp³-hybridized carbons (Fsp3) is 0.967. The number of ether oxygens (including phenoxy) is 1. The van der Waals surface area contributed by atoms with Crippen LogP contribution in [0.1, 0.15) is 70.6 Å². The van der Waals surface area contributed by atoms with Gasteiger partial charge in [-0.05, 0) is 108 Å². The summed E-state index contributed by atoms with van der Waals surface area (Å²) in [6.07, 6.45) is 6.83. The number of carbonyl (C=O) groups is 1. The zero-order valence-corrected chi connectivity index (χ0v) is 24.1. The summed E-state index contributed by atoms with van der Waals surface area (Å²) < 4.78 is 49.1. The third kappa shape index (κ3) is 5.12. The second kappa shape index (κ2) is 10.4. The first kappa shape index (κ1) is 27.9. The summed E-state index contributed by atoms with van der Waals surface area (Å²) in [4.78, 5) is 20.5. The van der Waals surface area contributed by atoms with E-state index in [1.54, 1.807) is 0 Å². The van der Waals surface area contributed by atoms with E-state index in [4.69, 9.17) is 4.74 Å². The minimum Gasteiger partial charge on any atom is -0.380 e. The standard InChI is InChI=1S/C30H48F3N5O2/c1-36-19-34-35-26(36)14-29(17-40-18-29)21-3-2-4-22(13-21)38-16-24-23(27(38)39)11-20(12-25(24)30(31,32)33)15-37-9-7-28(5-6-28)8-10-37/h20-26,34-35H,2-19H2,1H3. The first-order valence-corrected chi connectivity index (χ1v) is 16.0. The van der Waals surface area contributed by atoms with Crippen molar-refractivity contribution in [1.29, 1.82) is 0 Å². The SMILES string of the molecule is CN1CNNC1CC1(C2CCCC(N3CC4C(CC(CN5CCC6(CC5)CC6)CC4C(F)(F)F)C3=O)C2)COC1. The molecule has 0 radical (unpaired) electrons. The van der Waals surface area contributed by atoms with Gasteiger partial charge in [0.1, 0.15) is 0 Å². The lowest BCUT2D eigenvalue weighted by Gasteiger charge is -2.52. The maximum atomic E-state index is 14.5. The molecule has 7 rings (SSSR count). The van der Waals surface area contributed by atoms with E-state index in [1.165, 1.54) is 25.7 Å². The number of nitrogens with zero attached hydrogens (tertiary/aromatic N) is 3.